The van der Waals surface area contributed by atoms with Crippen LogP contribution in [0, 0.1) is 12.8 Å². The molecule has 0 spiro atoms. The topological polar surface area (TPSA) is 84.9 Å². The minimum absolute atomic E-state index is 0.113. The van der Waals surface area contributed by atoms with Crippen LogP contribution in [0.15, 0.2) is 18.2 Å². The molecule has 1 N–H and O–H groups in total. The number of carbonyl (C=O) groups is 3. The second-order valence-electron chi connectivity index (χ2n) is 7.58. The molecule has 7 heteroatoms. The number of hydrogen-bond donors (Lipinski definition) is 1. The van der Waals surface area contributed by atoms with E-state index in [2.05, 4.69) is 5.32 Å². The van der Waals surface area contributed by atoms with E-state index in [0.717, 1.165) is 18.4 Å². The minimum Gasteiger partial charge on any atom is -0.495 e. The fourth-order valence-electron chi connectivity index (χ4n) is 4.09. The summed E-state index contributed by atoms with van der Waals surface area (Å²) < 4.78 is 10.6. The molecule has 0 aromatic heterocycles. The Morgan fingerprint density at radius 1 is 1.29 bits per heavy atom. The van der Waals surface area contributed by atoms with E-state index >= 15 is 0 Å². The van der Waals surface area contributed by atoms with Crippen LogP contribution in [0.5, 0.6) is 5.75 Å². The SMILES string of the molecule is CCOC(=O)C1(NC(=O)[C@H]2CC(=O)N(c3cc(C)ccc3OC)C2)CCCC1. The van der Waals surface area contributed by atoms with Crippen LogP contribution in [0.25, 0.3) is 0 Å². The summed E-state index contributed by atoms with van der Waals surface area (Å²) in [7, 11) is 1.56. The summed E-state index contributed by atoms with van der Waals surface area (Å²) in [6.07, 6.45) is 3.01. The highest BCUT2D eigenvalue weighted by Crippen LogP contribution is 2.35. The maximum absolute atomic E-state index is 12.9. The third kappa shape index (κ3) is 3.84. The van der Waals surface area contributed by atoms with Crippen molar-refractivity contribution in [3.05, 3.63) is 23.8 Å². The van der Waals surface area contributed by atoms with E-state index in [1.54, 1.807) is 18.9 Å². The molecule has 0 bridgehead atoms. The van der Waals surface area contributed by atoms with E-state index in [9.17, 15) is 14.4 Å². The molecular formula is C21H28N2O5. The van der Waals surface area contributed by atoms with Gasteiger partial charge in [0.15, 0.2) is 0 Å². The van der Waals surface area contributed by atoms with Crippen molar-refractivity contribution in [1.29, 1.82) is 0 Å². The molecule has 1 heterocycles. The molecule has 1 aliphatic heterocycles. The zero-order chi connectivity index (χ0) is 20.3. The standard InChI is InChI=1S/C21H28N2O5/c1-4-28-20(26)21(9-5-6-10-21)22-19(25)15-12-18(24)23(13-15)16-11-14(2)7-8-17(16)27-3/h7-8,11,15H,4-6,9-10,12-13H2,1-3H3,(H,22,25)/t15-/m0/s1. The number of carbonyl (C=O) groups excluding carboxylic acids is 3. The van der Waals surface area contributed by atoms with Gasteiger partial charge in [0, 0.05) is 13.0 Å². The first-order valence-electron chi connectivity index (χ1n) is 9.84. The van der Waals surface area contributed by atoms with Crippen molar-refractivity contribution in [2.45, 2.75) is 51.5 Å². The average Bonchev–Trinajstić information content (AvgIpc) is 3.29. The van der Waals surface area contributed by atoms with Crippen molar-refractivity contribution in [1.82, 2.24) is 5.32 Å². The Morgan fingerprint density at radius 3 is 2.64 bits per heavy atom. The Hall–Kier alpha value is -2.57. The van der Waals surface area contributed by atoms with Crippen LogP contribution in [0.2, 0.25) is 0 Å². The molecule has 0 unspecified atom stereocenters. The molecule has 1 aliphatic carbocycles. The van der Waals surface area contributed by atoms with Gasteiger partial charge < -0.3 is 19.7 Å². The lowest BCUT2D eigenvalue weighted by Gasteiger charge is -2.29. The number of nitrogens with one attached hydrogen (secondary N) is 1. The molecular weight excluding hydrogens is 360 g/mol. The summed E-state index contributed by atoms with van der Waals surface area (Å²) in [6.45, 7) is 4.24. The van der Waals surface area contributed by atoms with Crippen LogP contribution in [0.1, 0.15) is 44.6 Å². The highest BCUT2D eigenvalue weighted by Gasteiger charge is 2.46. The largest absolute Gasteiger partial charge is 0.495 e. The van der Waals surface area contributed by atoms with E-state index in [1.807, 2.05) is 25.1 Å². The van der Waals surface area contributed by atoms with Crippen molar-refractivity contribution < 1.29 is 23.9 Å². The average molecular weight is 388 g/mol. The van der Waals surface area contributed by atoms with Gasteiger partial charge in [-0.25, -0.2) is 4.79 Å². The van der Waals surface area contributed by atoms with Crippen molar-refractivity contribution in [3.63, 3.8) is 0 Å². The molecule has 1 aromatic carbocycles. The van der Waals surface area contributed by atoms with Gasteiger partial charge in [-0.15, -0.1) is 0 Å². The van der Waals surface area contributed by atoms with Crippen molar-refractivity contribution in [2.75, 3.05) is 25.2 Å². The van der Waals surface area contributed by atoms with E-state index in [0.29, 0.717) is 24.3 Å². The van der Waals surface area contributed by atoms with Crippen LogP contribution in [-0.2, 0) is 19.1 Å². The Kier molecular flexibility index (Phi) is 5.91. The number of esters is 1. The van der Waals surface area contributed by atoms with Crippen LogP contribution in [-0.4, -0.2) is 43.6 Å². The first-order chi connectivity index (χ1) is 13.4. The van der Waals surface area contributed by atoms with Crippen LogP contribution < -0.4 is 15.0 Å². The first kappa shape index (κ1) is 20.2. The van der Waals surface area contributed by atoms with Crippen molar-refractivity contribution >= 4 is 23.5 Å². The molecule has 1 saturated heterocycles. The smallest absolute Gasteiger partial charge is 0.331 e. The van der Waals surface area contributed by atoms with Gasteiger partial charge in [0.2, 0.25) is 11.8 Å². The lowest BCUT2D eigenvalue weighted by Crippen LogP contribution is -2.55. The molecule has 2 aliphatic rings. The minimum atomic E-state index is -0.954. The molecule has 7 nitrogen and oxygen atoms in total. The molecule has 1 saturated carbocycles. The lowest BCUT2D eigenvalue weighted by atomic mass is 9.95. The molecule has 28 heavy (non-hydrogen) atoms. The van der Waals surface area contributed by atoms with Gasteiger partial charge in [-0.05, 0) is 44.4 Å². The third-order valence-corrected chi connectivity index (χ3v) is 5.61. The Bertz CT molecular complexity index is 770. The fraction of sp³-hybridized carbons (Fsp3) is 0.571. The molecule has 3 rings (SSSR count). The van der Waals surface area contributed by atoms with E-state index < -0.39 is 11.5 Å². The second-order valence-corrected chi connectivity index (χ2v) is 7.58. The number of amides is 2. The van der Waals surface area contributed by atoms with Crippen molar-refractivity contribution in [2.24, 2.45) is 5.92 Å². The molecule has 2 fully saturated rings. The summed E-state index contributed by atoms with van der Waals surface area (Å²) in [4.78, 5) is 39.6. The summed E-state index contributed by atoms with van der Waals surface area (Å²) in [5, 5.41) is 2.93. The first-order valence-corrected chi connectivity index (χ1v) is 9.84. The Morgan fingerprint density at radius 2 is 2.00 bits per heavy atom. The third-order valence-electron chi connectivity index (χ3n) is 5.61. The van der Waals surface area contributed by atoms with Crippen LogP contribution in [0.3, 0.4) is 0 Å². The number of methoxy groups -OCH3 is 1. The number of nitrogens with zero attached hydrogens (tertiary/aromatic N) is 1. The van der Waals surface area contributed by atoms with Gasteiger partial charge in [0.05, 0.1) is 25.3 Å². The quantitative estimate of drug-likeness (QED) is 0.756. The van der Waals surface area contributed by atoms with Gasteiger partial charge in [-0.2, -0.15) is 0 Å². The molecule has 1 atom stereocenters. The summed E-state index contributed by atoms with van der Waals surface area (Å²) in [6, 6.07) is 5.62. The van der Waals surface area contributed by atoms with Gasteiger partial charge in [-0.1, -0.05) is 18.9 Å². The summed E-state index contributed by atoms with van der Waals surface area (Å²) in [5.41, 5.74) is 0.720. The second kappa shape index (κ2) is 8.20. The number of hydrogen-bond acceptors (Lipinski definition) is 5. The molecule has 0 radical (unpaired) electrons. The van der Waals surface area contributed by atoms with Gasteiger partial charge in [-0.3, -0.25) is 9.59 Å². The maximum atomic E-state index is 12.9. The zero-order valence-corrected chi connectivity index (χ0v) is 16.7. The van der Waals surface area contributed by atoms with Crippen molar-refractivity contribution in [3.8, 4) is 5.75 Å². The molecule has 2 amide bonds. The molecule has 1 aromatic rings. The normalized spacial score (nSPS) is 20.9. The van der Waals surface area contributed by atoms with Crippen LogP contribution in [0.4, 0.5) is 5.69 Å². The number of rotatable bonds is 6. The zero-order valence-electron chi connectivity index (χ0n) is 16.7. The number of aryl methyl sites for hydroxylation is 1. The Labute approximate surface area is 165 Å². The summed E-state index contributed by atoms with van der Waals surface area (Å²) >= 11 is 0. The number of ether oxygens (including phenoxy) is 2. The van der Waals surface area contributed by atoms with Gasteiger partial charge in [0.25, 0.3) is 0 Å². The van der Waals surface area contributed by atoms with E-state index in [-0.39, 0.29) is 37.4 Å². The van der Waals surface area contributed by atoms with E-state index in [1.165, 1.54) is 0 Å². The number of benzene rings is 1. The van der Waals surface area contributed by atoms with Gasteiger partial charge >= 0.3 is 5.97 Å². The fourth-order valence-corrected chi connectivity index (χ4v) is 4.09. The molecule has 152 valence electrons. The monoisotopic (exact) mass is 388 g/mol. The summed E-state index contributed by atoms with van der Waals surface area (Å²) in [5.74, 6) is -0.677. The highest BCUT2D eigenvalue weighted by atomic mass is 16.5. The highest BCUT2D eigenvalue weighted by molar-refractivity contribution is 6.02. The van der Waals surface area contributed by atoms with Crippen LogP contribution >= 0.6 is 0 Å². The Balaban J connectivity index is 1.75. The predicted octanol–water partition coefficient (Wildman–Crippen LogP) is 2.35. The predicted molar refractivity (Wildman–Crippen MR) is 104 cm³/mol. The number of anilines is 1. The van der Waals surface area contributed by atoms with Gasteiger partial charge in [0.1, 0.15) is 11.3 Å². The van der Waals surface area contributed by atoms with E-state index in [4.69, 9.17) is 9.47 Å². The lowest BCUT2D eigenvalue weighted by molar-refractivity contribution is -0.153. The maximum Gasteiger partial charge on any atom is 0.331 e.